The molecule has 2 saturated heterocycles. The molecule has 2 aliphatic rings. The van der Waals surface area contributed by atoms with Crippen LogP contribution in [-0.4, -0.2) is 59.6 Å². The van der Waals surface area contributed by atoms with Crippen molar-refractivity contribution in [3.8, 4) is 0 Å². The molecular formula is C16H28Cl2N4O2. The summed E-state index contributed by atoms with van der Waals surface area (Å²) in [6, 6.07) is 2.53. The number of nitrogens with zero attached hydrogens (tertiary/aromatic N) is 3. The van der Waals surface area contributed by atoms with E-state index >= 15 is 0 Å². The molecule has 1 N–H and O–H groups in total. The lowest BCUT2D eigenvalue weighted by Gasteiger charge is -2.34. The summed E-state index contributed by atoms with van der Waals surface area (Å²) in [5.74, 6) is 1.22. The Kier molecular flexibility index (Phi) is 9.05. The van der Waals surface area contributed by atoms with Crippen LogP contribution < -0.4 is 5.32 Å². The van der Waals surface area contributed by atoms with Crippen LogP contribution in [-0.2, 0) is 11.3 Å². The first kappa shape index (κ1) is 21.2. The monoisotopic (exact) mass is 378 g/mol. The number of hydrogen-bond acceptors (Lipinski definition) is 5. The van der Waals surface area contributed by atoms with Gasteiger partial charge >= 0.3 is 0 Å². The number of aromatic nitrogens is 1. The van der Waals surface area contributed by atoms with Crippen molar-refractivity contribution < 1.29 is 9.32 Å². The summed E-state index contributed by atoms with van der Waals surface area (Å²) < 4.78 is 5.26. The molecule has 3 heterocycles. The standard InChI is InChI=1S/C16H26N4O2.2ClH/c1-13-11-15(22-18-13)12-19-7-9-20(10-8-19)16(21)5-4-14-3-2-6-17-14;;/h11,14,17H,2-10,12H2,1H3;2*1H. The summed E-state index contributed by atoms with van der Waals surface area (Å²) in [5, 5.41) is 7.37. The minimum Gasteiger partial charge on any atom is -0.360 e. The Morgan fingerprint density at radius 2 is 2.08 bits per heavy atom. The molecule has 0 bridgehead atoms. The van der Waals surface area contributed by atoms with Crippen LogP contribution in [0.3, 0.4) is 0 Å². The first-order valence-electron chi connectivity index (χ1n) is 8.36. The van der Waals surface area contributed by atoms with E-state index in [0.717, 1.165) is 57.1 Å². The molecule has 1 atom stereocenters. The quantitative estimate of drug-likeness (QED) is 0.848. The third kappa shape index (κ3) is 5.92. The largest absolute Gasteiger partial charge is 0.360 e. The fourth-order valence-corrected chi connectivity index (χ4v) is 3.33. The molecule has 8 heteroatoms. The number of hydrogen-bond donors (Lipinski definition) is 1. The fourth-order valence-electron chi connectivity index (χ4n) is 3.33. The molecule has 0 radical (unpaired) electrons. The molecule has 0 spiro atoms. The van der Waals surface area contributed by atoms with Gasteiger partial charge in [-0.1, -0.05) is 5.16 Å². The van der Waals surface area contributed by atoms with Gasteiger partial charge in [0.1, 0.15) is 0 Å². The van der Waals surface area contributed by atoms with E-state index in [0.29, 0.717) is 18.4 Å². The highest BCUT2D eigenvalue weighted by atomic mass is 35.5. The van der Waals surface area contributed by atoms with Gasteiger partial charge in [0.15, 0.2) is 5.76 Å². The van der Waals surface area contributed by atoms with Gasteiger partial charge in [0.05, 0.1) is 12.2 Å². The van der Waals surface area contributed by atoms with Gasteiger partial charge in [0.25, 0.3) is 0 Å². The average molecular weight is 379 g/mol. The second kappa shape index (κ2) is 10.2. The minimum atomic E-state index is 0. The zero-order valence-corrected chi connectivity index (χ0v) is 15.8. The van der Waals surface area contributed by atoms with Crippen LogP contribution in [0.1, 0.15) is 37.1 Å². The maximum absolute atomic E-state index is 12.3. The summed E-state index contributed by atoms with van der Waals surface area (Å²) in [6.07, 6.45) is 4.13. The maximum atomic E-state index is 12.3. The molecular weight excluding hydrogens is 351 g/mol. The fraction of sp³-hybridized carbons (Fsp3) is 0.750. The van der Waals surface area contributed by atoms with Gasteiger partial charge in [-0.2, -0.15) is 0 Å². The van der Waals surface area contributed by atoms with Crippen molar-refractivity contribution in [3.63, 3.8) is 0 Å². The normalized spacial score (nSPS) is 21.2. The Morgan fingerprint density at radius 3 is 2.67 bits per heavy atom. The van der Waals surface area contributed by atoms with Crippen molar-refractivity contribution in [3.05, 3.63) is 17.5 Å². The molecule has 0 aromatic carbocycles. The number of amides is 1. The van der Waals surface area contributed by atoms with Crippen LogP contribution in [0, 0.1) is 6.92 Å². The molecule has 1 unspecified atom stereocenters. The molecule has 1 amide bonds. The number of aryl methyl sites for hydroxylation is 1. The van der Waals surface area contributed by atoms with Crippen molar-refractivity contribution in [2.45, 2.75) is 45.2 Å². The molecule has 1 aromatic heterocycles. The average Bonchev–Trinajstić information content (AvgIpc) is 3.17. The van der Waals surface area contributed by atoms with E-state index in [1.54, 1.807) is 0 Å². The Hall–Kier alpha value is -0.820. The van der Waals surface area contributed by atoms with Crippen LogP contribution in [0.4, 0.5) is 0 Å². The van der Waals surface area contributed by atoms with E-state index in [2.05, 4.69) is 15.4 Å². The Morgan fingerprint density at radius 1 is 1.33 bits per heavy atom. The van der Waals surface area contributed by atoms with Crippen molar-refractivity contribution in [1.82, 2.24) is 20.3 Å². The third-order valence-electron chi connectivity index (χ3n) is 4.65. The van der Waals surface area contributed by atoms with E-state index in [9.17, 15) is 4.79 Å². The molecule has 0 saturated carbocycles. The predicted molar refractivity (Wildman–Crippen MR) is 97.9 cm³/mol. The van der Waals surface area contributed by atoms with E-state index in [-0.39, 0.29) is 24.8 Å². The Bertz CT molecular complexity index is 498. The highest BCUT2D eigenvalue weighted by Crippen LogP contribution is 2.14. The minimum absolute atomic E-state index is 0. The molecule has 6 nitrogen and oxygen atoms in total. The molecule has 138 valence electrons. The SMILES string of the molecule is Cc1cc(CN2CCN(C(=O)CCC3CCCN3)CC2)on1.Cl.Cl. The summed E-state index contributed by atoms with van der Waals surface area (Å²) in [5.41, 5.74) is 0.921. The molecule has 1 aromatic rings. The summed E-state index contributed by atoms with van der Waals surface area (Å²) in [7, 11) is 0. The van der Waals surface area contributed by atoms with Crippen molar-refractivity contribution in [1.29, 1.82) is 0 Å². The topological polar surface area (TPSA) is 61.6 Å². The van der Waals surface area contributed by atoms with E-state index in [1.807, 2.05) is 17.9 Å². The molecule has 0 aliphatic carbocycles. The molecule has 24 heavy (non-hydrogen) atoms. The number of halogens is 2. The second-order valence-corrected chi connectivity index (χ2v) is 6.42. The smallest absolute Gasteiger partial charge is 0.222 e. The van der Waals surface area contributed by atoms with E-state index in [1.165, 1.54) is 12.8 Å². The van der Waals surface area contributed by atoms with Crippen LogP contribution in [0.5, 0.6) is 0 Å². The number of nitrogens with one attached hydrogen (secondary N) is 1. The third-order valence-corrected chi connectivity index (χ3v) is 4.65. The van der Waals surface area contributed by atoms with Crippen LogP contribution in [0.25, 0.3) is 0 Å². The lowest BCUT2D eigenvalue weighted by atomic mass is 10.1. The van der Waals surface area contributed by atoms with Gasteiger partial charge in [-0.15, -0.1) is 24.8 Å². The zero-order valence-electron chi connectivity index (χ0n) is 14.2. The lowest BCUT2D eigenvalue weighted by Crippen LogP contribution is -2.48. The summed E-state index contributed by atoms with van der Waals surface area (Å²) in [6.45, 7) is 7.30. The van der Waals surface area contributed by atoms with E-state index < -0.39 is 0 Å². The number of carbonyl (C=O) groups excluding carboxylic acids is 1. The van der Waals surface area contributed by atoms with Crippen molar-refractivity contribution in [2.75, 3.05) is 32.7 Å². The van der Waals surface area contributed by atoms with E-state index in [4.69, 9.17) is 4.52 Å². The lowest BCUT2D eigenvalue weighted by molar-refractivity contribution is -0.133. The summed E-state index contributed by atoms with van der Waals surface area (Å²) in [4.78, 5) is 16.6. The van der Waals surface area contributed by atoms with Crippen LogP contribution in [0.15, 0.2) is 10.6 Å². The van der Waals surface area contributed by atoms with Crippen LogP contribution in [0.2, 0.25) is 0 Å². The number of rotatable bonds is 5. The van der Waals surface area contributed by atoms with Gasteiger partial charge < -0.3 is 14.7 Å². The second-order valence-electron chi connectivity index (χ2n) is 6.42. The number of carbonyl (C=O) groups is 1. The van der Waals surface area contributed by atoms with Gasteiger partial charge in [-0.25, -0.2) is 0 Å². The Labute approximate surface area is 156 Å². The van der Waals surface area contributed by atoms with Crippen molar-refractivity contribution in [2.24, 2.45) is 0 Å². The van der Waals surface area contributed by atoms with Gasteiger partial charge in [-0.05, 0) is 32.7 Å². The number of piperazine rings is 1. The van der Waals surface area contributed by atoms with Crippen LogP contribution >= 0.6 is 24.8 Å². The van der Waals surface area contributed by atoms with Gasteiger partial charge in [0.2, 0.25) is 5.91 Å². The van der Waals surface area contributed by atoms with Gasteiger partial charge in [0, 0.05) is 44.7 Å². The first-order valence-corrected chi connectivity index (χ1v) is 8.36. The molecule has 2 aliphatic heterocycles. The molecule has 2 fully saturated rings. The predicted octanol–water partition coefficient (Wildman–Crippen LogP) is 2.00. The maximum Gasteiger partial charge on any atom is 0.222 e. The highest BCUT2D eigenvalue weighted by Gasteiger charge is 2.23. The molecule has 3 rings (SSSR count). The first-order chi connectivity index (χ1) is 10.7. The Balaban J connectivity index is 0.00000144. The summed E-state index contributed by atoms with van der Waals surface area (Å²) >= 11 is 0. The van der Waals surface area contributed by atoms with Crippen molar-refractivity contribution >= 4 is 30.7 Å². The van der Waals surface area contributed by atoms with Gasteiger partial charge in [-0.3, -0.25) is 9.69 Å². The highest BCUT2D eigenvalue weighted by molar-refractivity contribution is 5.85. The zero-order chi connectivity index (χ0) is 15.4.